The van der Waals surface area contributed by atoms with Crippen LogP contribution in [0.25, 0.3) is 0 Å². The Labute approximate surface area is 124 Å². The predicted octanol–water partition coefficient (Wildman–Crippen LogP) is 2.55. The third-order valence-electron chi connectivity index (χ3n) is 2.57. The molecule has 0 heterocycles. The number of carbonyl (C=O) groups excluding carboxylic acids is 1. The topological polar surface area (TPSA) is 102 Å². The van der Waals surface area contributed by atoms with Gasteiger partial charge in [0.15, 0.2) is 0 Å². The Morgan fingerprint density at radius 2 is 2.05 bits per heavy atom. The lowest BCUT2D eigenvalue weighted by Gasteiger charge is -2.18. The number of benzene rings is 1. The maximum absolute atomic E-state index is 11.8. The molecule has 20 heavy (non-hydrogen) atoms. The van der Waals surface area contributed by atoms with Crippen molar-refractivity contribution in [2.45, 2.75) is 19.9 Å². The Kier molecular flexibility index (Phi) is 5.53. The second-order valence-corrected chi connectivity index (χ2v) is 5.38. The Morgan fingerprint density at radius 3 is 2.55 bits per heavy atom. The van der Waals surface area contributed by atoms with E-state index < -0.39 is 18.0 Å². The van der Waals surface area contributed by atoms with Gasteiger partial charge >= 0.3 is 12.0 Å². The summed E-state index contributed by atoms with van der Waals surface area (Å²) in [6.45, 7) is 3.39. The van der Waals surface area contributed by atoms with Crippen LogP contribution >= 0.6 is 15.9 Å². The summed E-state index contributed by atoms with van der Waals surface area (Å²) in [6, 6.07) is 5.09. The van der Waals surface area contributed by atoms with Crippen molar-refractivity contribution in [1.29, 1.82) is 5.26 Å². The molecule has 1 rings (SSSR count). The third-order valence-corrected chi connectivity index (χ3v) is 3.06. The molecule has 1 aromatic carbocycles. The van der Waals surface area contributed by atoms with Gasteiger partial charge in [0.05, 0.1) is 11.3 Å². The van der Waals surface area contributed by atoms with Crippen molar-refractivity contribution < 1.29 is 14.7 Å². The zero-order chi connectivity index (χ0) is 15.3. The molecule has 3 N–H and O–H groups in total. The fourth-order valence-corrected chi connectivity index (χ4v) is 1.89. The fraction of sp³-hybridized carbons (Fsp3) is 0.308. The van der Waals surface area contributed by atoms with Gasteiger partial charge in [-0.25, -0.2) is 9.59 Å². The molecule has 7 heteroatoms. The second-order valence-electron chi connectivity index (χ2n) is 4.46. The number of hydrogen-bond acceptors (Lipinski definition) is 3. The monoisotopic (exact) mass is 339 g/mol. The minimum absolute atomic E-state index is 0.254. The zero-order valence-electron chi connectivity index (χ0n) is 11.0. The van der Waals surface area contributed by atoms with Gasteiger partial charge in [0.25, 0.3) is 0 Å². The van der Waals surface area contributed by atoms with Gasteiger partial charge in [-0.1, -0.05) is 29.8 Å². The molecule has 1 atom stereocenters. The lowest BCUT2D eigenvalue weighted by atomic mass is 10.1. The van der Waals surface area contributed by atoms with Crippen molar-refractivity contribution in [3.8, 4) is 6.07 Å². The number of amides is 2. The Hall–Kier alpha value is -2.07. The lowest BCUT2D eigenvalue weighted by Crippen LogP contribution is -2.46. The van der Waals surface area contributed by atoms with Crippen LogP contribution < -0.4 is 10.6 Å². The van der Waals surface area contributed by atoms with E-state index in [1.54, 1.807) is 32.0 Å². The zero-order valence-corrected chi connectivity index (χ0v) is 12.6. The van der Waals surface area contributed by atoms with Crippen LogP contribution in [0.3, 0.4) is 0 Å². The molecule has 0 aromatic heterocycles. The summed E-state index contributed by atoms with van der Waals surface area (Å²) >= 11 is 3.24. The Balaban J connectivity index is 2.84. The highest BCUT2D eigenvalue weighted by Gasteiger charge is 2.23. The van der Waals surface area contributed by atoms with Gasteiger partial charge in [-0.15, -0.1) is 0 Å². The number of anilines is 1. The lowest BCUT2D eigenvalue weighted by molar-refractivity contribution is -0.140. The molecule has 0 bridgehead atoms. The van der Waals surface area contributed by atoms with Crippen LogP contribution in [0.2, 0.25) is 0 Å². The van der Waals surface area contributed by atoms with E-state index in [0.29, 0.717) is 15.7 Å². The summed E-state index contributed by atoms with van der Waals surface area (Å²) in [7, 11) is 0. The molecule has 1 aromatic rings. The van der Waals surface area contributed by atoms with Crippen molar-refractivity contribution in [3.05, 3.63) is 28.2 Å². The molecule has 0 fully saturated rings. The number of nitriles is 1. The number of carboxylic acids is 1. The predicted molar refractivity (Wildman–Crippen MR) is 77.3 cm³/mol. The number of aliphatic carboxylic acids is 1. The van der Waals surface area contributed by atoms with Gasteiger partial charge in [-0.05, 0) is 24.1 Å². The first kappa shape index (κ1) is 16.0. The number of urea groups is 1. The molecular formula is C13H14BrN3O3. The Bertz CT molecular complexity index is 566. The largest absolute Gasteiger partial charge is 0.480 e. The average molecular weight is 340 g/mol. The first-order valence-corrected chi connectivity index (χ1v) is 6.64. The van der Waals surface area contributed by atoms with Crippen LogP contribution in [-0.4, -0.2) is 23.1 Å². The van der Waals surface area contributed by atoms with Crippen LogP contribution in [-0.2, 0) is 4.79 Å². The van der Waals surface area contributed by atoms with E-state index in [-0.39, 0.29) is 5.92 Å². The van der Waals surface area contributed by atoms with Gasteiger partial charge in [0.1, 0.15) is 12.1 Å². The SMILES string of the molecule is CC(C)[C@@H](NC(=O)Nc1cc(Br)ccc1C#N)C(=O)O. The van der Waals surface area contributed by atoms with E-state index >= 15 is 0 Å². The summed E-state index contributed by atoms with van der Waals surface area (Å²) in [5, 5.41) is 22.8. The third kappa shape index (κ3) is 4.24. The molecule has 2 amide bonds. The molecule has 6 nitrogen and oxygen atoms in total. The standard InChI is InChI=1S/C13H14BrN3O3/c1-7(2)11(12(18)19)17-13(20)16-10-5-9(14)4-3-8(10)6-15/h3-5,7,11H,1-2H3,(H,18,19)(H2,16,17,20)/t11-/m1/s1. The van der Waals surface area contributed by atoms with E-state index in [0.717, 1.165) is 0 Å². The van der Waals surface area contributed by atoms with Gasteiger partial charge < -0.3 is 15.7 Å². The number of rotatable bonds is 4. The van der Waals surface area contributed by atoms with Gasteiger partial charge in [0, 0.05) is 4.47 Å². The van der Waals surface area contributed by atoms with Crippen LogP contribution in [0.15, 0.2) is 22.7 Å². The number of halogens is 1. The maximum Gasteiger partial charge on any atom is 0.326 e. The van der Waals surface area contributed by atoms with E-state index in [2.05, 4.69) is 26.6 Å². The van der Waals surface area contributed by atoms with Gasteiger partial charge in [0.2, 0.25) is 0 Å². The molecule has 106 valence electrons. The molecule has 0 aliphatic carbocycles. The molecule has 0 aliphatic rings. The Morgan fingerprint density at radius 1 is 1.40 bits per heavy atom. The highest BCUT2D eigenvalue weighted by atomic mass is 79.9. The number of carboxylic acid groups (broad SMARTS) is 1. The summed E-state index contributed by atoms with van der Waals surface area (Å²) in [6.07, 6.45) is 0. The average Bonchev–Trinajstić information content (AvgIpc) is 2.35. The summed E-state index contributed by atoms with van der Waals surface area (Å²) in [5.74, 6) is -1.36. The highest BCUT2D eigenvalue weighted by Crippen LogP contribution is 2.20. The van der Waals surface area contributed by atoms with E-state index in [1.807, 2.05) is 6.07 Å². The quantitative estimate of drug-likeness (QED) is 0.784. The van der Waals surface area contributed by atoms with Crippen molar-refractivity contribution in [2.24, 2.45) is 5.92 Å². The van der Waals surface area contributed by atoms with E-state index in [9.17, 15) is 9.59 Å². The number of nitrogens with zero attached hydrogens (tertiary/aromatic N) is 1. The van der Waals surface area contributed by atoms with Crippen molar-refractivity contribution in [2.75, 3.05) is 5.32 Å². The molecule has 0 unspecified atom stereocenters. The maximum atomic E-state index is 11.8. The van der Waals surface area contributed by atoms with Crippen molar-refractivity contribution in [1.82, 2.24) is 5.32 Å². The first-order chi connectivity index (χ1) is 9.35. The minimum atomic E-state index is -1.11. The van der Waals surface area contributed by atoms with E-state index in [4.69, 9.17) is 10.4 Å². The van der Waals surface area contributed by atoms with Crippen molar-refractivity contribution in [3.63, 3.8) is 0 Å². The smallest absolute Gasteiger partial charge is 0.326 e. The molecule has 0 radical (unpaired) electrons. The summed E-state index contributed by atoms with van der Waals surface area (Å²) in [5.41, 5.74) is 0.604. The number of hydrogen-bond donors (Lipinski definition) is 3. The normalized spacial score (nSPS) is 11.6. The summed E-state index contributed by atoms with van der Waals surface area (Å²) in [4.78, 5) is 22.8. The van der Waals surface area contributed by atoms with Gasteiger partial charge in [-0.2, -0.15) is 5.26 Å². The molecule has 0 saturated heterocycles. The number of nitrogens with one attached hydrogen (secondary N) is 2. The van der Waals surface area contributed by atoms with Gasteiger partial charge in [-0.3, -0.25) is 0 Å². The molecule has 0 spiro atoms. The first-order valence-electron chi connectivity index (χ1n) is 5.85. The fourth-order valence-electron chi connectivity index (χ4n) is 1.53. The highest BCUT2D eigenvalue weighted by molar-refractivity contribution is 9.10. The van der Waals surface area contributed by atoms with Crippen LogP contribution in [0.5, 0.6) is 0 Å². The van der Waals surface area contributed by atoms with E-state index in [1.165, 1.54) is 0 Å². The molecule has 0 aliphatic heterocycles. The van der Waals surface area contributed by atoms with Crippen molar-refractivity contribution >= 4 is 33.6 Å². The summed E-state index contributed by atoms with van der Waals surface area (Å²) < 4.78 is 0.699. The minimum Gasteiger partial charge on any atom is -0.480 e. The molecular weight excluding hydrogens is 326 g/mol. The molecule has 0 saturated carbocycles. The van der Waals surface area contributed by atoms with Crippen LogP contribution in [0.1, 0.15) is 19.4 Å². The van der Waals surface area contributed by atoms with Crippen LogP contribution in [0.4, 0.5) is 10.5 Å². The second kappa shape index (κ2) is 6.91. The van der Waals surface area contributed by atoms with Crippen LogP contribution in [0, 0.1) is 17.2 Å². The number of carbonyl (C=O) groups is 2.